The van der Waals surface area contributed by atoms with Crippen LogP contribution < -0.4 is 5.73 Å². The van der Waals surface area contributed by atoms with Gasteiger partial charge >= 0.3 is 0 Å². The number of carbonyl (C=O) groups excluding carboxylic acids is 1. The molecule has 21 heavy (non-hydrogen) atoms. The van der Waals surface area contributed by atoms with Gasteiger partial charge in [-0.3, -0.25) is 4.79 Å². The molecule has 1 aromatic rings. The number of nitrogens with zero attached hydrogens (tertiary/aromatic N) is 1. The molecule has 0 radical (unpaired) electrons. The Morgan fingerprint density at radius 2 is 2.33 bits per heavy atom. The van der Waals surface area contributed by atoms with E-state index in [9.17, 15) is 4.79 Å². The number of rotatable bonds is 5. The van der Waals surface area contributed by atoms with Crippen molar-refractivity contribution < 1.29 is 9.53 Å². The molecule has 4 nitrogen and oxygen atoms in total. The van der Waals surface area contributed by atoms with Crippen molar-refractivity contribution in [2.45, 2.75) is 31.4 Å². The Kier molecular flexibility index (Phi) is 7.66. The van der Waals surface area contributed by atoms with Gasteiger partial charge in [0.2, 0.25) is 5.91 Å². The number of halogens is 2. The molecule has 1 saturated heterocycles. The van der Waals surface area contributed by atoms with Gasteiger partial charge in [-0.05, 0) is 30.5 Å². The monoisotopic (exact) mass is 376 g/mol. The van der Waals surface area contributed by atoms with Crippen molar-refractivity contribution in [1.29, 1.82) is 0 Å². The maximum absolute atomic E-state index is 12.4. The van der Waals surface area contributed by atoms with E-state index < -0.39 is 0 Å². The third kappa shape index (κ3) is 4.68. The lowest BCUT2D eigenvalue weighted by atomic mass is 10.0. The fourth-order valence-electron chi connectivity index (χ4n) is 2.70. The Morgan fingerprint density at radius 1 is 1.57 bits per heavy atom. The minimum absolute atomic E-state index is 0. The van der Waals surface area contributed by atoms with Crippen molar-refractivity contribution >= 4 is 34.2 Å². The third-order valence-electron chi connectivity index (χ3n) is 3.81. The fourth-order valence-corrected chi connectivity index (χ4v) is 3.12. The first-order valence-electron chi connectivity index (χ1n) is 6.93. The molecule has 1 heterocycles. The lowest BCUT2D eigenvalue weighted by Gasteiger charge is -2.26. The maximum Gasteiger partial charge on any atom is 0.225 e. The molecule has 6 heteroatoms. The largest absolute Gasteiger partial charge is 0.380 e. The van der Waals surface area contributed by atoms with E-state index in [2.05, 4.69) is 28.1 Å². The summed E-state index contributed by atoms with van der Waals surface area (Å²) in [5.74, 6) is 0.129. The summed E-state index contributed by atoms with van der Waals surface area (Å²) in [7, 11) is 1.60. The Labute approximate surface area is 140 Å². The summed E-state index contributed by atoms with van der Waals surface area (Å²) in [5.41, 5.74) is 6.78. The Bertz CT molecular complexity index is 469. The topological polar surface area (TPSA) is 55.6 Å². The van der Waals surface area contributed by atoms with E-state index in [1.807, 2.05) is 17.0 Å². The van der Waals surface area contributed by atoms with Gasteiger partial charge in [0.15, 0.2) is 0 Å². The van der Waals surface area contributed by atoms with Crippen LogP contribution in [0.2, 0.25) is 0 Å². The van der Waals surface area contributed by atoms with Gasteiger partial charge < -0.3 is 15.4 Å². The minimum atomic E-state index is -0.189. The van der Waals surface area contributed by atoms with Gasteiger partial charge in [-0.15, -0.1) is 12.4 Å². The number of carbonyl (C=O) groups is 1. The van der Waals surface area contributed by atoms with Crippen LogP contribution in [-0.4, -0.2) is 37.1 Å². The van der Waals surface area contributed by atoms with Crippen molar-refractivity contribution in [2.75, 3.05) is 20.2 Å². The zero-order chi connectivity index (χ0) is 14.5. The Hall–Kier alpha value is -0.620. The first-order chi connectivity index (χ1) is 9.65. The number of likely N-dealkylation sites (tertiary alicyclic amines) is 1. The van der Waals surface area contributed by atoms with Crippen LogP contribution in [0.4, 0.5) is 0 Å². The molecule has 118 valence electrons. The van der Waals surface area contributed by atoms with Gasteiger partial charge in [0.1, 0.15) is 0 Å². The molecule has 2 rings (SSSR count). The molecular weight excluding hydrogens is 356 g/mol. The van der Waals surface area contributed by atoms with Crippen molar-refractivity contribution in [3.8, 4) is 0 Å². The highest BCUT2D eigenvalue weighted by Gasteiger charge is 2.30. The highest BCUT2D eigenvalue weighted by Crippen LogP contribution is 2.33. The Morgan fingerprint density at radius 3 is 2.95 bits per heavy atom. The van der Waals surface area contributed by atoms with Crippen molar-refractivity contribution in [3.05, 3.63) is 34.3 Å². The Balaban J connectivity index is 0.00000220. The molecule has 2 unspecified atom stereocenters. The number of ether oxygens (including phenoxy) is 1. The molecule has 2 atom stereocenters. The lowest BCUT2D eigenvalue weighted by Crippen LogP contribution is -2.35. The van der Waals surface area contributed by atoms with E-state index in [1.54, 1.807) is 7.11 Å². The second-order valence-electron chi connectivity index (χ2n) is 5.10. The highest BCUT2D eigenvalue weighted by molar-refractivity contribution is 9.10. The summed E-state index contributed by atoms with van der Waals surface area (Å²) in [4.78, 5) is 14.4. The van der Waals surface area contributed by atoms with Gasteiger partial charge in [-0.2, -0.15) is 0 Å². The summed E-state index contributed by atoms with van der Waals surface area (Å²) in [6, 6.07) is 8.36. The summed E-state index contributed by atoms with van der Waals surface area (Å²) < 4.78 is 6.26. The molecule has 1 aliphatic rings. The molecule has 0 aliphatic carbocycles. The van der Waals surface area contributed by atoms with E-state index >= 15 is 0 Å². The van der Waals surface area contributed by atoms with E-state index in [4.69, 9.17) is 10.5 Å². The molecule has 1 fully saturated rings. The second-order valence-corrected chi connectivity index (χ2v) is 6.01. The molecule has 1 aliphatic heterocycles. The summed E-state index contributed by atoms with van der Waals surface area (Å²) in [6.45, 7) is 1.19. The van der Waals surface area contributed by atoms with Crippen LogP contribution in [0.3, 0.4) is 0 Å². The average molecular weight is 378 g/mol. The summed E-state index contributed by atoms with van der Waals surface area (Å²) in [5, 5.41) is 0. The van der Waals surface area contributed by atoms with Crippen LogP contribution in [-0.2, 0) is 9.53 Å². The lowest BCUT2D eigenvalue weighted by molar-refractivity contribution is -0.134. The molecule has 0 saturated carbocycles. The fraction of sp³-hybridized carbons (Fsp3) is 0.533. The number of nitrogens with two attached hydrogens (primary N) is 1. The normalized spacial score (nSPS) is 19.2. The van der Waals surface area contributed by atoms with Crippen LogP contribution in [0, 0.1) is 0 Å². The van der Waals surface area contributed by atoms with Gasteiger partial charge in [0, 0.05) is 24.7 Å². The van der Waals surface area contributed by atoms with E-state index in [0.29, 0.717) is 13.0 Å². The zero-order valence-corrected chi connectivity index (χ0v) is 14.5. The van der Waals surface area contributed by atoms with Crippen molar-refractivity contribution in [1.82, 2.24) is 4.90 Å². The second kappa shape index (κ2) is 8.73. The molecule has 2 N–H and O–H groups in total. The van der Waals surface area contributed by atoms with Gasteiger partial charge in [0.05, 0.1) is 18.6 Å². The van der Waals surface area contributed by atoms with E-state index in [1.165, 1.54) is 5.56 Å². The predicted octanol–water partition coefficient (Wildman–Crippen LogP) is 2.90. The number of amides is 1. The van der Waals surface area contributed by atoms with Crippen molar-refractivity contribution in [2.24, 2.45) is 5.73 Å². The average Bonchev–Trinajstić information content (AvgIpc) is 2.94. The smallest absolute Gasteiger partial charge is 0.225 e. The minimum Gasteiger partial charge on any atom is -0.380 e. The van der Waals surface area contributed by atoms with Crippen molar-refractivity contribution in [3.63, 3.8) is 0 Å². The van der Waals surface area contributed by atoms with Crippen LogP contribution >= 0.6 is 28.3 Å². The van der Waals surface area contributed by atoms with Crippen LogP contribution in [0.5, 0.6) is 0 Å². The molecule has 1 amide bonds. The standard InChI is InChI=1S/C15H21BrN2O2.ClH/c1-20-13(10-17)9-15(19)18-7-3-6-14(18)11-4-2-5-12(16)8-11;/h2,4-5,8,13-14H,3,6-7,9-10,17H2,1H3;1H. The SMILES string of the molecule is COC(CN)CC(=O)N1CCCC1c1cccc(Br)c1.Cl. The van der Waals surface area contributed by atoms with Gasteiger partial charge in [0.25, 0.3) is 0 Å². The molecular formula is C15H22BrClN2O2. The first-order valence-corrected chi connectivity index (χ1v) is 7.72. The van der Waals surface area contributed by atoms with E-state index in [-0.39, 0.29) is 30.5 Å². The number of hydrogen-bond acceptors (Lipinski definition) is 3. The summed E-state index contributed by atoms with van der Waals surface area (Å²) in [6.07, 6.45) is 2.23. The van der Waals surface area contributed by atoms with Crippen LogP contribution in [0.15, 0.2) is 28.7 Å². The zero-order valence-electron chi connectivity index (χ0n) is 12.1. The molecule has 0 aromatic heterocycles. The highest BCUT2D eigenvalue weighted by atomic mass is 79.9. The number of methoxy groups -OCH3 is 1. The number of hydrogen-bond donors (Lipinski definition) is 1. The first kappa shape index (κ1) is 18.4. The van der Waals surface area contributed by atoms with Gasteiger partial charge in [-0.1, -0.05) is 28.1 Å². The molecule has 0 spiro atoms. The number of benzene rings is 1. The summed E-state index contributed by atoms with van der Waals surface area (Å²) >= 11 is 3.49. The van der Waals surface area contributed by atoms with Crippen LogP contribution in [0.25, 0.3) is 0 Å². The quantitative estimate of drug-likeness (QED) is 0.858. The van der Waals surface area contributed by atoms with Crippen LogP contribution in [0.1, 0.15) is 30.9 Å². The molecule has 1 aromatic carbocycles. The van der Waals surface area contributed by atoms with E-state index in [0.717, 1.165) is 23.9 Å². The maximum atomic E-state index is 12.4. The third-order valence-corrected chi connectivity index (χ3v) is 4.30. The van der Waals surface area contributed by atoms with Gasteiger partial charge in [-0.25, -0.2) is 0 Å². The molecule has 0 bridgehead atoms. The predicted molar refractivity (Wildman–Crippen MR) is 89.5 cm³/mol.